The molecule has 0 fully saturated rings. The van der Waals surface area contributed by atoms with Crippen LogP contribution in [0.5, 0.6) is 0 Å². The molecular formula is C46H29NS2. The van der Waals surface area contributed by atoms with Crippen LogP contribution < -0.4 is 4.90 Å². The molecule has 0 saturated heterocycles. The Morgan fingerprint density at radius 3 is 1.86 bits per heavy atom. The number of hydrogen-bond donors (Lipinski definition) is 0. The number of fused-ring (bicyclic) bond motifs is 7. The second-order valence-corrected chi connectivity index (χ2v) is 14.7. The number of benzene rings is 8. The highest BCUT2D eigenvalue weighted by molar-refractivity contribution is 7.26. The minimum absolute atomic E-state index is 1.13. The van der Waals surface area contributed by atoms with Crippen LogP contribution in [0, 0.1) is 0 Å². The fraction of sp³-hybridized carbons (Fsp3) is 0. The Hall–Kier alpha value is -5.74. The van der Waals surface area contributed by atoms with Gasteiger partial charge in [0.15, 0.2) is 0 Å². The van der Waals surface area contributed by atoms with Gasteiger partial charge < -0.3 is 4.90 Å². The molecule has 0 N–H and O–H groups in total. The number of anilines is 3. The van der Waals surface area contributed by atoms with Gasteiger partial charge in [-0.15, -0.1) is 22.7 Å². The van der Waals surface area contributed by atoms with Crippen LogP contribution in [0.3, 0.4) is 0 Å². The number of rotatable bonds is 5. The van der Waals surface area contributed by atoms with E-state index in [9.17, 15) is 0 Å². The largest absolute Gasteiger partial charge is 0.309 e. The first kappa shape index (κ1) is 28.3. The second kappa shape index (κ2) is 11.5. The van der Waals surface area contributed by atoms with Crippen LogP contribution in [0.1, 0.15) is 0 Å². The van der Waals surface area contributed by atoms with Gasteiger partial charge in [-0.2, -0.15) is 0 Å². The van der Waals surface area contributed by atoms with E-state index in [1.165, 1.54) is 79.1 Å². The highest BCUT2D eigenvalue weighted by Gasteiger charge is 2.20. The molecule has 8 aromatic carbocycles. The highest BCUT2D eigenvalue weighted by atomic mass is 32.1. The molecule has 1 nitrogen and oxygen atoms in total. The van der Waals surface area contributed by atoms with Crippen molar-refractivity contribution in [1.82, 2.24) is 0 Å². The van der Waals surface area contributed by atoms with Gasteiger partial charge in [0.1, 0.15) is 0 Å². The summed E-state index contributed by atoms with van der Waals surface area (Å²) in [4.78, 5) is 2.46. The summed E-state index contributed by atoms with van der Waals surface area (Å²) in [6.07, 6.45) is 0. The molecule has 0 bridgehead atoms. The van der Waals surface area contributed by atoms with Crippen LogP contribution in [0.2, 0.25) is 0 Å². The summed E-state index contributed by atoms with van der Waals surface area (Å²) in [5.74, 6) is 0. The molecule has 230 valence electrons. The van der Waals surface area contributed by atoms with Crippen LogP contribution in [-0.2, 0) is 0 Å². The van der Waals surface area contributed by atoms with E-state index in [4.69, 9.17) is 0 Å². The highest BCUT2D eigenvalue weighted by Crippen LogP contribution is 2.47. The van der Waals surface area contributed by atoms with Crippen LogP contribution in [0.15, 0.2) is 176 Å². The van der Waals surface area contributed by atoms with Crippen molar-refractivity contribution in [3.63, 3.8) is 0 Å². The number of thiophene rings is 2. The van der Waals surface area contributed by atoms with E-state index in [2.05, 4.69) is 181 Å². The molecule has 0 radical (unpaired) electrons. The van der Waals surface area contributed by atoms with E-state index in [0.717, 1.165) is 11.4 Å². The first-order valence-corrected chi connectivity index (χ1v) is 18.2. The molecule has 2 heterocycles. The molecule has 49 heavy (non-hydrogen) atoms. The van der Waals surface area contributed by atoms with Crippen LogP contribution in [0.25, 0.3) is 73.4 Å². The zero-order valence-electron chi connectivity index (χ0n) is 26.5. The molecule has 2 aromatic heterocycles. The van der Waals surface area contributed by atoms with Crippen LogP contribution in [0.4, 0.5) is 17.1 Å². The van der Waals surface area contributed by atoms with E-state index in [1.807, 2.05) is 22.7 Å². The maximum absolute atomic E-state index is 2.46. The summed E-state index contributed by atoms with van der Waals surface area (Å²) in [6.45, 7) is 0. The van der Waals surface area contributed by atoms with Gasteiger partial charge in [-0.1, -0.05) is 121 Å². The monoisotopic (exact) mass is 659 g/mol. The lowest BCUT2D eigenvalue weighted by Crippen LogP contribution is -2.10. The smallest absolute Gasteiger partial charge is 0.0640 e. The average Bonchev–Trinajstić information content (AvgIpc) is 3.74. The van der Waals surface area contributed by atoms with Gasteiger partial charge >= 0.3 is 0 Å². The minimum atomic E-state index is 1.13. The Kier molecular flexibility index (Phi) is 6.61. The lowest BCUT2D eigenvalue weighted by molar-refractivity contribution is 1.31. The maximum atomic E-state index is 2.46. The summed E-state index contributed by atoms with van der Waals surface area (Å²) in [5, 5.41) is 7.69. The van der Waals surface area contributed by atoms with E-state index >= 15 is 0 Å². The molecule has 10 aromatic rings. The molecule has 0 atom stereocenters. The number of hydrogen-bond acceptors (Lipinski definition) is 3. The van der Waals surface area contributed by atoms with E-state index in [1.54, 1.807) is 0 Å². The van der Waals surface area contributed by atoms with Crippen molar-refractivity contribution in [2.45, 2.75) is 0 Å². The van der Waals surface area contributed by atoms with E-state index in [0.29, 0.717) is 0 Å². The summed E-state index contributed by atoms with van der Waals surface area (Å²) in [7, 11) is 0. The molecule has 0 aliphatic heterocycles. The van der Waals surface area contributed by atoms with Crippen molar-refractivity contribution in [3.8, 4) is 22.3 Å². The number of nitrogens with zero attached hydrogens (tertiary/aromatic N) is 1. The molecular weight excluding hydrogens is 631 g/mol. The Balaban J connectivity index is 1.25. The lowest BCUT2D eigenvalue weighted by Gasteiger charge is -2.27. The lowest BCUT2D eigenvalue weighted by atomic mass is 9.92. The maximum Gasteiger partial charge on any atom is 0.0640 e. The molecule has 0 unspecified atom stereocenters. The zero-order chi connectivity index (χ0) is 32.3. The first-order valence-electron chi connectivity index (χ1n) is 16.6. The van der Waals surface area contributed by atoms with Gasteiger partial charge in [0.25, 0.3) is 0 Å². The second-order valence-electron chi connectivity index (χ2n) is 12.5. The third kappa shape index (κ3) is 4.74. The third-order valence-corrected chi connectivity index (χ3v) is 12.0. The molecule has 0 aliphatic carbocycles. The fourth-order valence-corrected chi connectivity index (χ4v) is 9.62. The molecule has 0 saturated carbocycles. The van der Waals surface area contributed by atoms with Crippen molar-refractivity contribution >= 4 is 90.9 Å². The Morgan fingerprint density at radius 1 is 0.347 bits per heavy atom. The Labute approximate surface area is 292 Å². The zero-order valence-corrected chi connectivity index (χ0v) is 28.1. The van der Waals surface area contributed by atoms with Gasteiger partial charge in [-0.25, -0.2) is 0 Å². The summed E-state index contributed by atoms with van der Waals surface area (Å²) in [6, 6.07) is 64.6. The summed E-state index contributed by atoms with van der Waals surface area (Å²) >= 11 is 3.74. The van der Waals surface area contributed by atoms with Crippen molar-refractivity contribution in [1.29, 1.82) is 0 Å². The van der Waals surface area contributed by atoms with Crippen molar-refractivity contribution in [2.24, 2.45) is 0 Å². The minimum Gasteiger partial charge on any atom is -0.309 e. The first-order chi connectivity index (χ1) is 24.3. The predicted molar refractivity (Wildman–Crippen MR) is 215 cm³/mol. The van der Waals surface area contributed by atoms with Crippen LogP contribution >= 0.6 is 22.7 Å². The summed E-state index contributed by atoms with van der Waals surface area (Å²) in [5.41, 5.74) is 8.33. The average molecular weight is 660 g/mol. The van der Waals surface area contributed by atoms with Gasteiger partial charge in [0, 0.05) is 47.0 Å². The molecule has 0 spiro atoms. The molecule has 0 amide bonds. The predicted octanol–water partition coefficient (Wildman–Crippen LogP) is 14.4. The van der Waals surface area contributed by atoms with Gasteiger partial charge in [0.05, 0.1) is 10.4 Å². The standard InChI is InChI=1S/C46H29NS2/c1-2-12-31(13-3-1)36-25-24-35(29-40(36)33-22-26-45-41(28-33)38-16-7-8-19-43(38)48-45)47(34-23-21-30-11-4-5-14-32(30)27-34)42-18-10-17-39-37-15-6-9-20-44(37)49-46(39)42/h1-29H. The third-order valence-electron chi connectivity index (χ3n) is 9.65. The Bertz CT molecular complexity index is 2840. The molecule has 3 heteroatoms. The summed E-state index contributed by atoms with van der Waals surface area (Å²) < 4.78 is 5.23. The van der Waals surface area contributed by atoms with Crippen molar-refractivity contribution < 1.29 is 0 Å². The van der Waals surface area contributed by atoms with Gasteiger partial charge in [-0.3, -0.25) is 0 Å². The fourth-order valence-electron chi connectivity index (χ4n) is 7.32. The van der Waals surface area contributed by atoms with E-state index < -0.39 is 0 Å². The van der Waals surface area contributed by atoms with E-state index in [-0.39, 0.29) is 0 Å². The SMILES string of the molecule is c1ccc(-c2ccc(N(c3ccc4ccccc4c3)c3cccc4c3sc3ccccc34)cc2-c2ccc3sc4ccccc4c3c2)cc1. The Morgan fingerprint density at radius 2 is 1.00 bits per heavy atom. The van der Waals surface area contributed by atoms with Crippen molar-refractivity contribution in [2.75, 3.05) is 4.90 Å². The normalized spacial score (nSPS) is 11.7. The quantitative estimate of drug-likeness (QED) is 0.178. The van der Waals surface area contributed by atoms with Crippen LogP contribution in [-0.4, -0.2) is 0 Å². The molecule has 0 aliphatic rings. The van der Waals surface area contributed by atoms with Gasteiger partial charge in [0.2, 0.25) is 0 Å². The topological polar surface area (TPSA) is 3.24 Å². The van der Waals surface area contributed by atoms with Crippen molar-refractivity contribution in [3.05, 3.63) is 176 Å². The molecule has 10 rings (SSSR count). The van der Waals surface area contributed by atoms with Gasteiger partial charge in [-0.05, 0) is 87.6 Å².